The summed E-state index contributed by atoms with van der Waals surface area (Å²) >= 11 is 1.70. The Hall–Kier alpha value is -1.29. The molecule has 0 atom stereocenters. The Balaban J connectivity index is 2.25. The summed E-state index contributed by atoms with van der Waals surface area (Å²) in [6, 6.07) is 10.1. The Labute approximate surface area is 87.1 Å². The molecule has 72 valence electrons. The smallest absolute Gasteiger partial charge is 0.113 e. The van der Waals surface area contributed by atoms with Crippen LogP contribution in [0.4, 0.5) is 0 Å². The quantitative estimate of drug-likeness (QED) is 0.770. The first-order valence-electron chi connectivity index (χ1n) is 4.34. The summed E-state index contributed by atoms with van der Waals surface area (Å²) in [5.41, 5.74) is 2.04. The van der Waals surface area contributed by atoms with E-state index >= 15 is 0 Å². The largest absolute Gasteiger partial charge is 0.174 e. The molecule has 0 saturated carbocycles. The molecule has 14 heavy (non-hydrogen) atoms. The van der Waals surface area contributed by atoms with E-state index in [9.17, 15) is 0 Å². The number of thioether (sulfide) groups is 1. The van der Waals surface area contributed by atoms with Gasteiger partial charge in [0, 0.05) is 5.56 Å². The molecule has 0 amide bonds. The Morgan fingerprint density at radius 3 is 2.79 bits per heavy atom. The minimum Gasteiger partial charge on any atom is -0.174 e. The average Bonchev–Trinajstić information content (AvgIpc) is 2.68. The summed E-state index contributed by atoms with van der Waals surface area (Å²) < 4.78 is 0. The van der Waals surface area contributed by atoms with Gasteiger partial charge >= 0.3 is 0 Å². The number of aromatic nitrogens is 3. The minimum atomic E-state index is 0.798. The summed E-state index contributed by atoms with van der Waals surface area (Å²) in [5.74, 6) is 0.798. The average molecular weight is 205 g/mol. The molecule has 0 N–H and O–H groups in total. The van der Waals surface area contributed by atoms with Gasteiger partial charge in [-0.2, -0.15) is 15.0 Å². The van der Waals surface area contributed by atoms with Crippen molar-refractivity contribution in [3.8, 4) is 11.3 Å². The molecule has 0 aliphatic carbocycles. The van der Waals surface area contributed by atoms with E-state index in [4.69, 9.17) is 0 Å². The van der Waals surface area contributed by atoms with Gasteiger partial charge in [-0.15, -0.1) is 11.8 Å². The van der Waals surface area contributed by atoms with Crippen molar-refractivity contribution in [3.63, 3.8) is 0 Å². The molecule has 2 rings (SSSR count). The van der Waals surface area contributed by atoms with Crippen molar-refractivity contribution < 1.29 is 0 Å². The van der Waals surface area contributed by atoms with Crippen molar-refractivity contribution in [2.24, 2.45) is 0 Å². The Kier molecular flexibility index (Phi) is 2.84. The van der Waals surface area contributed by atoms with Gasteiger partial charge in [-0.05, 0) is 6.26 Å². The third-order valence-electron chi connectivity index (χ3n) is 1.85. The van der Waals surface area contributed by atoms with Crippen LogP contribution in [0.15, 0.2) is 36.5 Å². The van der Waals surface area contributed by atoms with Crippen molar-refractivity contribution in [1.82, 2.24) is 15.0 Å². The molecule has 0 aliphatic heterocycles. The van der Waals surface area contributed by atoms with Gasteiger partial charge in [0.2, 0.25) is 0 Å². The minimum absolute atomic E-state index is 0.798. The van der Waals surface area contributed by atoms with Crippen LogP contribution in [-0.4, -0.2) is 21.2 Å². The van der Waals surface area contributed by atoms with Gasteiger partial charge in [0.15, 0.2) is 0 Å². The zero-order chi connectivity index (χ0) is 9.80. The molecule has 0 unspecified atom stereocenters. The first-order chi connectivity index (χ1) is 6.90. The molecule has 0 bridgehead atoms. The number of rotatable bonds is 3. The predicted octanol–water partition coefficient (Wildman–Crippen LogP) is 2.27. The summed E-state index contributed by atoms with van der Waals surface area (Å²) in [6.07, 6.45) is 3.83. The summed E-state index contributed by atoms with van der Waals surface area (Å²) in [6.45, 7) is 0. The van der Waals surface area contributed by atoms with Gasteiger partial charge in [0.05, 0.1) is 6.20 Å². The number of hydrogen-bond acceptors (Lipinski definition) is 3. The first-order valence-corrected chi connectivity index (χ1v) is 5.74. The maximum Gasteiger partial charge on any atom is 0.113 e. The standard InChI is InChI=1S/C10H11N3S/c1-14-8-13-11-7-10(12-13)9-5-3-2-4-6-9/h2-7H,8H2,1H3. The lowest BCUT2D eigenvalue weighted by Crippen LogP contribution is -1.98. The normalized spacial score (nSPS) is 10.4. The van der Waals surface area contributed by atoms with Crippen LogP contribution in [-0.2, 0) is 5.88 Å². The van der Waals surface area contributed by atoms with E-state index in [-0.39, 0.29) is 0 Å². The SMILES string of the molecule is CSCn1ncc(-c2ccccc2)n1. The van der Waals surface area contributed by atoms with Crippen LogP contribution in [0.1, 0.15) is 0 Å². The van der Waals surface area contributed by atoms with Crippen LogP contribution in [0, 0.1) is 0 Å². The zero-order valence-electron chi connectivity index (χ0n) is 7.92. The molecular weight excluding hydrogens is 194 g/mol. The van der Waals surface area contributed by atoms with E-state index < -0.39 is 0 Å². The van der Waals surface area contributed by atoms with E-state index in [0.29, 0.717) is 0 Å². The third-order valence-corrected chi connectivity index (χ3v) is 2.34. The van der Waals surface area contributed by atoms with Gasteiger partial charge in [-0.25, -0.2) is 0 Å². The molecule has 1 heterocycles. The van der Waals surface area contributed by atoms with Crippen LogP contribution >= 0.6 is 11.8 Å². The van der Waals surface area contributed by atoms with Gasteiger partial charge in [0.25, 0.3) is 0 Å². The number of hydrogen-bond donors (Lipinski definition) is 0. The first kappa shape index (κ1) is 9.27. The van der Waals surface area contributed by atoms with Crippen molar-refractivity contribution in [2.75, 3.05) is 6.26 Å². The van der Waals surface area contributed by atoms with Crippen LogP contribution in [0.25, 0.3) is 11.3 Å². The van der Waals surface area contributed by atoms with Crippen molar-refractivity contribution in [1.29, 1.82) is 0 Å². The molecule has 0 fully saturated rings. The van der Waals surface area contributed by atoms with Gasteiger partial charge in [-0.3, -0.25) is 0 Å². The molecule has 2 aromatic rings. The van der Waals surface area contributed by atoms with Crippen LogP contribution in [0.3, 0.4) is 0 Å². The Bertz CT molecular complexity index is 397. The highest BCUT2D eigenvalue weighted by Gasteiger charge is 2.01. The molecule has 1 aromatic heterocycles. The topological polar surface area (TPSA) is 30.7 Å². The molecule has 0 saturated heterocycles. The summed E-state index contributed by atoms with van der Waals surface area (Å²) in [4.78, 5) is 1.70. The van der Waals surface area contributed by atoms with E-state index in [2.05, 4.69) is 10.2 Å². The van der Waals surface area contributed by atoms with Gasteiger partial charge in [0.1, 0.15) is 11.6 Å². The second-order valence-corrected chi connectivity index (χ2v) is 3.72. The molecule has 0 spiro atoms. The van der Waals surface area contributed by atoms with E-state index in [0.717, 1.165) is 17.1 Å². The fourth-order valence-corrected chi connectivity index (χ4v) is 1.57. The fraction of sp³-hybridized carbons (Fsp3) is 0.200. The number of nitrogens with zero attached hydrogens (tertiary/aromatic N) is 3. The summed E-state index contributed by atoms with van der Waals surface area (Å²) in [7, 11) is 0. The Morgan fingerprint density at radius 1 is 1.29 bits per heavy atom. The summed E-state index contributed by atoms with van der Waals surface area (Å²) in [5, 5.41) is 8.52. The Morgan fingerprint density at radius 2 is 2.07 bits per heavy atom. The lowest BCUT2D eigenvalue weighted by atomic mass is 10.2. The van der Waals surface area contributed by atoms with E-state index in [1.54, 1.807) is 22.8 Å². The van der Waals surface area contributed by atoms with Crippen LogP contribution in [0.5, 0.6) is 0 Å². The molecule has 0 aliphatic rings. The molecule has 3 nitrogen and oxygen atoms in total. The third kappa shape index (κ3) is 1.96. The molecule has 1 aromatic carbocycles. The monoisotopic (exact) mass is 205 g/mol. The second-order valence-electron chi connectivity index (χ2n) is 2.89. The molecule has 0 radical (unpaired) electrons. The highest BCUT2D eigenvalue weighted by Crippen LogP contribution is 2.14. The lowest BCUT2D eigenvalue weighted by molar-refractivity contribution is 0.643. The van der Waals surface area contributed by atoms with Crippen molar-refractivity contribution in [3.05, 3.63) is 36.5 Å². The fourth-order valence-electron chi connectivity index (χ4n) is 1.22. The predicted molar refractivity (Wildman–Crippen MR) is 59.0 cm³/mol. The van der Waals surface area contributed by atoms with Crippen molar-refractivity contribution >= 4 is 11.8 Å². The number of benzene rings is 1. The van der Waals surface area contributed by atoms with Gasteiger partial charge < -0.3 is 0 Å². The van der Waals surface area contributed by atoms with Crippen LogP contribution < -0.4 is 0 Å². The maximum atomic E-state index is 4.35. The lowest BCUT2D eigenvalue weighted by Gasteiger charge is -1.94. The van der Waals surface area contributed by atoms with Gasteiger partial charge in [-0.1, -0.05) is 30.3 Å². The highest BCUT2D eigenvalue weighted by atomic mass is 32.2. The maximum absolute atomic E-state index is 4.35. The van der Waals surface area contributed by atoms with E-state index in [1.165, 1.54) is 0 Å². The molecular formula is C10H11N3S. The molecule has 4 heteroatoms. The van der Waals surface area contributed by atoms with Crippen molar-refractivity contribution in [2.45, 2.75) is 5.88 Å². The van der Waals surface area contributed by atoms with E-state index in [1.807, 2.05) is 36.6 Å². The highest BCUT2D eigenvalue weighted by molar-refractivity contribution is 7.97. The zero-order valence-corrected chi connectivity index (χ0v) is 8.74. The van der Waals surface area contributed by atoms with Crippen LogP contribution in [0.2, 0.25) is 0 Å². The second kappa shape index (κ2) is 4.28.